The van der Waals surface area contributed by atoms with Crippen LogP contribution in [0.1, 0.15) is 54.7 Å². The minimum atomic E-state index is -0.455. The van der Waals surface area contributed by atoms with Crippen molar-refractivity contribution >= 4 is 28.5 Å². The van der Waals surface area contributed by atoms with Crippen molar-refractivity contribution in [2.75, 3.05) is 5.32 Å². The van der Waals surface area contributed by atoms with Crippen LogP contribution in [0, 0.1) is 11.3 Å². The Kier molecular flexibility index (Phi) is 4.72. The molecule has 3 rings (SSSR count). The Bertz CT molecular complexity index is 810. The number of rotatable bonds is 5. The molecule has 6 heteroatoms. The molecule has 1 fully saturated rings. The molecule has 1 aromatic carbocycles. The fourth-order valence-electron chi connectivity index (χ4n) is 2.24. The largest absolute Gasteiger partial charge is 0.296 e. The van der Waals surface area contributed by atoms with E-state index >= 15 is 0 Å². The number of carbonyl (C=O) groups excluding carboxylic acids is 1. The van der Waals surface area contributed by atoms with E-state index in [0.29, 0.717) is 17.0 Å². The van der Waals surface area contributed by atoms with Crippen LogP contribution in [0.15, 0.2) is 29.8 Å². The smallest absolute Gasteiger partial charge is 0.268 e. The van der Waals surface area contributed by atoms with Gasteiger partial charge in [-0.15, -0.1) is 10.2 Å². The van der Waals surface area contributed by atoms with Gasteiger partial charge in [0.15, 0.2) is 0 Å². The van der Waals surface area contributed by atoms with Crippen LogP contribution in [0.2, 0.25) is 0 Å². The van der Waals surface area contributed by atoms with E-state index in [1.54, 1.807) is 6.08 Å². The zero-order valence-corrected chi connectivity index (χ0v) is 14.4. The summed E-state index contributed by atoms with van der Waals surface area (Å²) in [4.78, 5) is 12.3. The molecule has 0 aliphatic heterocycles. The van der Waals surface area contributed by atoms with E-state index in [0.717, 1.165) is 23.4 Å². The average Bonchev–Trinajstić information content (AvgIpc) is 3.33. The summed E-state index contributed by atoms with van der Waals surface area (Å²) in [6, 6.07) is 9.80. The van der Waals surface area contributed by atoms with Crippen LogP contribution in [0.4, 0.5) is 5.13 Å². The van der Waals surface area contributed by atoms with Crippen LogP contribution in [0.25, 0.3) is 6.08 Å². The predicted molar refractivity (Wildman–Crippen MR) is 94.6 cm³/mol. The van der Waals surface area contributed by atoms with Gasteiger partial charge in [-0.25, -0.2) is 0 Å². The van der Waals surface area contributed by atoms with Crippen LogP contribution in [-0.2, 0) is 4.79 Å². The first kappa shape index (κ1) is 16.3. The van der Waals surface area contributed by atoms with Gasteiger partial charge in [-0.2, -0.15) is 5.26 Å². The topological polar surface area (TPSA) is 78.7 Å². The van der Waals surface area contributed by atoms with E-state index in [1.165, 1.54) is 16.9 Å². The molecule has 0 bridgehead atoms. The normalized spacial score (nSPS) is 14.5. The second kappa shape index (κ2) is 6.93. The van der Waals surface area contributed by atoms with Crippen LogP contribution in [-0.4, -0.2) is 16.1 Å². The Morgan fingerprint density at radius 3 is 2.62 bits per heavy atom. The third-order valence-electron chi connectivity index (χ3n) is 3.87. The van der Waals surface area contributed by atoms with Crippen molar-refractivity contribution in [3.63, 3.8) is 0 Å². The highest BCUT2D eigenvalue weighted by Crippen LogP contribution is 2.42. The molecule has 1 aliphatic carbocycles. The SMILES string of the molecule is CC(C)c1ccc(/C=C(\C#N)C(=O)Nc2nnc(C3CC3)s2)cc1. The molecule has 122 valence electrons. The molecule has 1 aliphatic rings. The summed E-state index contributed by atoms with van der Waals surface area (Å²) in [7, 11) is 0. The van der Waals surface area contributed by atoms with Crippen molar-refractivity contribution in [1.82, 2.24) is 10.2 Å². The molecule has 0 atom stereocenters. The lowest BCUT2D eigenvalue weighted by molar-refractivity contribution is -0.112. The number of hydrogen-bond donors (Lipinski definition) is 1. The lowest BCUT2D eigenvalue weighted by atomic mass is 10.0. The van der Waals surface area contributed by atoms with Gasteiger partial charge in [0.05, 0.1) is 0 Å². The Morgan fingerprint density at radius 2 is 2.04 bits per heavy atom. The second-order valence-corrected chi connectivity index (χ2v) is 7.17. The Morgan fingerprint density at radius 1 is 1.33 bits per heavy atom. The molecule has 24 heavy (non-hydrogen) atoms. The lowest BCUT2D eigenvalue weighted by Gasteiger charge is -2.05. The monoisotopic (exact) mass is 338 g/mol. The first-order chi connectivity index (χ1) is 11.6. The quantitative estimate of drug-likeness (QED) is 0.658. The van der Waals surface area contributed by atoms with E-state index in [1.807, 2.05) is 30.3 Å². The first-order valence-corrected chi connectivity index (χ1v) is 8.75. The van der Waals surface area contributed by atoms with E-state index < -0.39 is 5.91 Å². The summed E-state index contributed by atoms with van der Waals surface area (Å²) >= 11 is 1.38. The van der Waals surface area contributed by atoms with Crippen LogP contribution in [0.5, 0.6) is 0 Å². The number of aromatic nitrogens is 2. The highest BCUT2D eigenvalue weighted by atomic mass is 32.1. The number of nitriles is 1. The molecular weight excluding hydrogens is 320 g/mol. The zero-order chi connectivity index (χ0) is 17.1. The molecular formula is C18H18N4OS. The number of nitrogens with zero attached hydrogens (tertiary/aromatic N) is 3. The van der Waals surface area contributed by atoms with Crippen molar-refractivity contribution in [1.29, 1.82) is 5.26 Å². The van der Waals surface area contributed by atoms with Gasteiger partial charge in [0.1, 0.15) is 16.6 Å². The van der Waals surface area contributed by atoms with E-state index in [4.69, 9.17) is 0 Å². The minimum absolute atomic E-state index is 0.0514. The highest BCUT2D eigenvalue weighted by Gasteiger charge is 2.27. The second-order valence-electron chi connectivity index (χ2n) is 6.17. The fourth-order valence-corrected chi connectivity index (χ4v) is 3.14. The molecule has 0 saturated heterocycles. The van der Waals surface area contributed by atoms with Gasteiger partial charge in [0.2, 0.25) is 5.13 Å². The third-order valence-corrected chi connectivity index (χ3v) is 4.87. The zero-order valence-electron chi connectivity index (χ0n) is 13.6. The van der Waals surface area contributed by atoms with E-state index in [2.05, 4.69) is 29.4 Å². The number of benzene rings is 1. The summed E-state index contributed by atoms with van der Waals surface area (Å²) < 4.78 is 0. The van der Waals surface area contributed by atoms with Crippen LogP contribution >= 0.6 is 11.3 Å². The van der Waals surface area contributed by atoms with Gasteiger partial charge in [-0.3, -0.25) is 10.1 Å². The van der Waals surface area contributed by atoms with Gasteiger partial charge in [0.25, 0.3) is 5.91 Å². The predicted octanol–water partition coefficient (Wildman–Crippen LogP) is 4.08. The maximum absolute atomic E-state index is 12.3. The number of nitrogens with one attached hydrogen (secondary N) is 1. The van der Waals surface area contributed by atoms with Crippen molar-refractivity contribution in [3.8, 4) is 6.07 Å². The molecule has 0 spiro atoms. The van der Waals surface area contributed by atoms with Gasteiger partial charge in [-0.1, -0.05) is 49.4 Å². The van der Waals surface area contributed by atoms with E-state index in [9.17, 15) is 10.1 Å². The molecule has 1 aromatic heterocycles. The van der Waals surface area contributed by atoms with E-state index in [-0.39, 0.29) is 5.57 Å². The van der Waals surface area contributed by atoms with Crippen molar-refractivity contribution in [3.05, 3.63) is 46.0 Å². The third kappa shape index (κ3) is 3.87. The highest BCUT2D eigenvalue weighted by molar-refractivity contribution is 7.15. The molecule has 1 N–H and O–H groups in total. The Balaban J connectivity index is 1.71. The Labute approximate surface area is 145 Å². The van der Waals surface area contributed by atoms with Crippen molar-refractivity contribution < 1.29 is 4.79 Å². The molecule has 1 heterocycles. The average molecular weight is 338 g/mol. The number of hydrogen-bond acceptors (Lipinski definition) is 5. The molecule has 5 nitrogen and oxygen atoms in total. The molecule has 0 radical (unpaired) electrons. The Hall–Kier alpha value is -2.52. The molecule has 1 saturated carbocycles. The summed E-state index contributed by atoms with van der Waals surface area (Å²) in [5, 5.41) is 21.4. The maximum Gasteiger partial charge on any atom is 0.268 e. The van der Waals surface area contributed by atoms with Gasteiger partial charge in [-0.05, 0) is 36.0 Å². The maximum atomic E-state index is 12.3. The lowest BCUT2D eigenvalue weighted by Crippen LogP contribution is -2.13. The van der Waals surface area contributed by atoms with Crippen LogP contribution < -0.4 is 5.32 Å². The van der Waals surface area contributed by atoms with Crippen molar-refractivity contribution in [2.24, 2.45) is 0 Å². The van der Waals surface area contributed by atoms with Gasteiger partial charge in [0, 0.05) is 5.92 Å². The summed E-state index contributed by atoms with van der Waals surface area (Å²) in [5.74, 6) is 0.488. The standard InChI is InChI=1S/C18H18N4OS/c1-11(2)13-5-3-12(4-6-13)9-15(10-19)16(23)20-18-22-21-17(24-18)14-7-8-14/h3-6,9,11,14H,7-8H2,1-2H3,(H,20,22,23)/b15-9+. The summed E-state index contributed by atoms with van der Waals surface area (Å²) in [6.45, 7) is 4.24. The molecule has 1 amide bonds. The number of amides is 1. The fraction of sp³-hybridized carbons (Fsp3) is 0.333. The van der Waals surface area contributed by atoms with Gasteiger partial charge >= 0.3 is 0 Å². The first-order valence-electron chi connectivity index (χ1n) is 7.93. The summed E-state index contributed by atoms with van der Waals surface area (Å²) in [6.07, 6.45) is 3.86. The number of anilines is 1. The van der Waals surface area contributed by atoms with Crippen LogP contribution in [0.3, 0.4) is 0 Å². The van der Waals surface area contributed by atoms with Crippen molar-refractivity contribution in [2.45, 2.75) is 38.5 Å². The molecule has 2 aromatic rings. The summed E-state index contributed by atoms with van der Waals surface area (Å²) in [5.41, 5.74) is 2.09. The minimum Gasteiger partial charge on any atom is -0.296 e. The molecule has 0 unspecified atom stereocenters. The van der Waals surface area contributed by atoms with Gasteiger partial charge < -0.3 is 0 Å². The number of carbonyl (C=O) groups is 1.